The number of anilines is 1. The van der Waals surface area contributed by atoms with Gasteiger partial charge in [0.1, 0.15) is 5.56 Å². The van der Waals surface area contributed by atoms with Gasteiger partial charge < -0.3 is 30.3 Å². The fraction of sp³-hybridized carbons (Fsp3) is 0.385. The number of para-hydroxylation sites is 1. The molecule has 0 aliphatic carbocycles. The zero-order chi connectivity index (χ0) is 15.2. The number of phenols is 1. The molecule has 1 heterocycles. The second kappa shape index (κ2) is 6.91. The van der Waals surface area contributed by atoms with Crippen LogP contribution in [0.1, 0.15) is 10.4 Å². The van der Waals surface area contributed by atoms with Gasteiger partial charge in [0.15, 0.2) is 5.75 Å². The second-order valence-corrected chi connectivity index (χ2v) is 4.41. The molecule has 21 heavy (non-hydrogen) atoms. The van der Waals surface area contributed by atoms with Crippen LogP contribution in [0.15, 0.2) is 18.2 Å². The van der Waals surface area contributed by atoms with Gasteiger partial charge in [-0.25, -0.2) is 9.59 Å². The van der Waals surface area contributed by atoms with Crippen molar-refractivity contribution in [3.63, 3.8) is 0 Å². The van der Waals surface area contributed by atoms with Gasteiger partial charge in [-0.15, -0.1) is 0 Å². The molecule has 2 rings (SSSR count). The molecule has 8 heteroatoms. The van der Waals surface area contributed by atoms with Crippen LogP contribution in [0.25, 0.3) is 0 Å². The number of carbonyl (C=O) groups excluding carboxylic acids is 1. The summed E-state index contributed by atoms with van der Waals surface area (Å²) >= 11 is 0. The number of aromatic hydroxyl groups is 1. The van der Waals surface area contributed by atoms with E-state index in [0.717, 1.165) is 0 Å². The van der Waals surface area contributed by atoms with Crippen molar-refractivity contribution in [3.05, 3.63) is 23.8 Å². The predicted octanol–water partition coefficient (Wildman–Crippen LogP) is 0.627. The van der Waals surface area contributed by atoms with Crippen LogP contribution in [-0.2, 0) is 9.47 Å². The molecule has 1 aromatic carbocycles. The van der Waals surface area contributed by atoms with Crippen LogP contribution in [0.3, 0.4) is 0 Å². The molecule has 1 aromatic rings. The fourth-order valence-corrected chi connectivity index (χ4v) is 1.84. The van der Waals surface area contributed by atoms with Gasteiger partial charge in [0.25, 0.3) is 0 Å². The average molecular weight is 296 g/mol. The number of ether oxygens (including phenoxy) is 2. The van der Waals surface area contributed by atoms with Gasteiger partial charge in [-0.2, -0.15) is 0 Å². The molecule has 0 bridgehead atoms. The maximum atomic E-state index is 11.7. The van der Waals surface area contributed by atoms with Gasteiger partial charge in [-0.3, -0.25) is 0 Å². The predicted molar refractivity (Wildman–Crippen MR) is 72.6 cm³/mol. The Morgan fingerprint density at radius 3 is 2.81 bits per heavy atom. The third-order valence-electron chi connectivity index (χ3n) is 2.89. The molecule has 1 aliphatic rings. The minimum absolute atomic E-state index is 0.0215. The quantitative estimate of drug-likeness (QED) is 0.605. The van der Waals surface area contributed by atoms with Crippen molar-refractivity contribution in [2.45, 2.75) is 6.10 Å². The minimum atomic E-state index is -1.27. The molecular formula is C13H16N2O6. The number of carboxylic acid groups (broad SMARTS) is 1. The number of nitrogens with one attached hydrogen (secondary N) is 2. The highest BCUT2D eigenvalue weighted by molar-refractivity contribution is 5.97. The van der Waals surface area contributed by atoms with E-state index in [1.54, 1.807) is 0 Å². The highest BCUT2D eigenvalue weighted by atomic mass is 16.6. The number of carbonyl (C=O) groups is 2. The van der Waals surface area contributed by atoms with Crippen LogP contribution in [0.5, 0.6) is 5.75 Å². The normalized spacial score (nSPS) is 18.0. The number of rotatable bonds is 4. The SMILES string of the molecule is O=C(NCC1COCCO1)Nc1cccc(C(=O)O)c1O. The lowest BCUT2D eigenvalue weighted by Crippen LogP contribution is -2.41. The summed E-state index contributed by atoms with van der Waals surface area (Å²) in [5.74, 6) is -1.76. The van der Waals surface area contributed by atoms with Gasteiger partial charge in [0, 0.05) is 6.54 Å². The van der Waals surface area contributed by atoms with Crippen LogP contribution in [-0.4, -0.2) is 54.7 Å². The number of carboxylic acids is 1. The summed E-state index contributed by atoms with van der Waals surface area (Å²) in [5.41, 5.74) is -0.259. The van der Waals surface area contributed by atoms with Crippen molar-refractivity contribution in [2.75, 3.05) is 31.7 Å². The van der Waals surface area contributed by atoms with Crippen molar-refractivity contribution < 1.29 is 29.3 Å². The number of benzene rings is 1. The van der Waals surface area contributed by atoms with E-state index < -0.39 is 17.7 Å². The van der Waals surface area contributed by atoms with E-state index in [4.69, 9.17) is 14.6 Å². The molecule has 1 fully saturated rings. The monoisotopic (exact) mass is 296 g/mol. The molecule has 0 aromatic heterocycles. The maximum Gasteiger partial charge on any atom is 0.339 e. The lowest BCUT2D eigenvalue weighted by molar-refractivity contribution is -0.0852. The van der Waals surface area contributed by atoms with Crippen molar-refractivity contribution in [1.29, 1.82) is 0 Å². The summed E-state index contributed by atoms with van der Waals surface area (Å²) in [5, 5.41) is 23.6. The third kappa shape index (κ3) is 4.07. The number of aromatic carboxylic acids is 1. The van der Waals surface area contributed by atoms with Crippen LogP contribution in [0.2, 0.25) is 0 Å². The Labute approximate surface area is 120 Å². The second-order valence-electron chi connectivity index (χ2n) is 4.41. The largest absolute Gasteiger partial charge is 0.505 e. The van der Waals surface area contributed by atoms with Crippen LogP contribution in [0.4, 0.5) is 10.5 Å². The smallest absolute Gasteiger partial charge is 0.339 e. The fourth-order valence-electron chi connectivity index (χ4n) is 1.84. The van der Waals surface area contributed by atoms with Gasteiger partial charge in [-0.1, -0.05) is 6.07 Å². The summed E-state index contributed by atoms with van der Waals surface area (Å²) in [6.45, 7) is 1.68. The summed E-state index contributed by atoms with van der Waals surface area (Å²) in [7, 11) is 0. The van der Waals surface area contributed by atoms with Gasteiger partial charge >= 0.3 is 12.0 Å². The number of amides is 2. The van der Waals surface area contributed by atoms with Crippen molar-refractivity contribution in [1.82, 2.24) is 5.32 Å². The van der Waals surface area contributed by atoms with E-state index in [9.17, 15) is 14.7 Å². The topological polar surface area (TPSA) is 117 Å². The first-order chi connectivity index (χ1) is 10.1. The summed E-state index contributed by atoms with van der Waals surface area (Å²) < 4.78 is 10.6. The Balaban J connectivity index is 1.90. The molecule has 1 atom stereocenters. The molecule has 2 amide bonds. The molecule has 0 radical (unpaired) electrons. The van der Waals surface area contributed by atoms with Gasteiger partial charge in [-0.05, 0) is 12.1 Å². The van der Waals surface area contributed by atoms with Gasteiger partial charge in [0.2, 0.25) is 0 Å². The van der Waals surface area contributed by atoms with Crippen LogP contribution >= 0.6 is 0 Å². The van der Waals surface area contributed by atoms with E-state index in [0.29, 0.717) is 19.8 Å². The zero-order valence-corrected chi connectivity index (χ0v) is 11.2. The van der Waals surface area contributed by atoms with Crippen LogP contribution < -0.4 is 10.6 Å². The maximum absolute atomic E-state index is 11.7. The summed E-state index contributed by atoms with van der Waals surface area (Å²) in [4.78, 5) is 22.6. The first-order valence-corrected chi connectivity index (χ1v) is 6.37. The Morgan fingerprint density at radius 1 is 1.33 bits per heavy atom. The van der Waals surface area contributed by atoms with E-state index >= 15 is 0 Å². The first-order valence-electron chi connectivity index (χ1n) is 6.37. The number of hydrogen-bond acceptors (Lipinski definition) is 5. The Kier molecular flexibility index (Phi) is 4.96. The number of urea groups is 1. The zero-order valence-electron chi connectivity index (χ0n) is 11.2. The van der Waals surface area contributed by atoms with E-state index in [2.05, 4.69) is 10.6 Å². The highest BCUT2D eigenvalue weighted by Crippen LogP contribution is 2.27. The summed E-state index contributed by atoms with van der Waals surface area (Å²) in [6, 6.07) is 3.51. The van der Waals surface area contributed by atoms with E-state index in [1.807, 2.05) is 0 Å². The molecule has 0 spiro atoms. The van der Waals surface area contributed by atoms with Crippen molar-refractivity contribution in [2.24, 2.45) is 0 Å². The molecule has 0 saturated carbocycles. The van der Waals surface area contributed by atoms with Crippen molar-refractivity contribution >= 4 is 17.7 Å². The Morgan fingerprint density at radius 2 is 2.14 bits per heavy atom. The lowest BCUT2D eigenvalue weighted by atomic mass is 10.1. The van der Waals surface area contributed by atoms with Crippen molar-refractivity contribution in [3.8, 4) is 5.75 Å². The molecular weight excluding hydrogens is 280 g/mol. The molecule has 4 N–H and O–H groups in total. The van der Waals surface area contributed by atoms with E-state index in [1.165, 1.54) is 18.2 Å². The van der Waals surface area contributed by atoms with Crippen LogP contribution in [0, 0.1) is 0 Å². The lowest BCUT2D eigenvalue weighted by Gasteiger charge is -2.23. The van der Waals surface area contributed by atoms with Gasteiger partial charge in [0.05, 0.1) is 31.6 Å². The standard InChI is InChI=1S/C13H16N2O6/c16-11-9(12(17)18)2-1-3-10(11)15-13(19)14-6-8-7-20-4-5-21-8/h1-3,8,16H,4-7H2,(H,17,18)(H2,14,15,19). The van der Waals surface area contributed by atoms with E-state index in [-0.39, 0.29) is 23.9 Å². The Bertz CT molecular complexity index is 527. The number of hydrogen-bond donors (Lipinski definition) is 4. The highest BCUT2D eigenvalue weighted by Gasteiger charge is 2.17. The third-order valence-corrected chi connectivity index (χ3v) is 2.89. The molecule has 1 aliphatic heterocycles. The first kappa shape index (κ1) is 15.1. The average Bonchev–Trinajstić information content (AvgIpc) is 2.48. The molecule has 8 nitrogen and oxygen atoms in total. The molecule has 1 saturated heterocycles. The Hall–Kier alpha value is -2.32. The minimum Gasteiger partial charge on any atom is -0.505 e. The molecule has 1 unspecified atom stereocenters. The summed E-state index contributed by atoms with van der Waals surface area (Å²) in [6.07, 6.45) is -0.219. The molecule has 114 valence electrons.